The largest absolute Gasteiger partial charge is 0.336 e. The molecule has 1 unspecified atom stereocenters. The summed E-state index contributed by atoms with van der Waals surface area (Å²) in [5, 5.41) is 4.27. The Bertz CT molecular complexity index is 1170. The van der Waals surface area contributed by atoms with Gasteiger partial charge in [-0.05, 0) is 66.7 Å². The number of thiocarbonyl (C=S) groups is 1. The van der Waals surface area contributed by atoms with Crippen LogP contribution in [0.3, 0.4) is 0 Å². The van der Waals surface area contributed by atoms with Crippen LogP contribution in [-0.4, -0.2) is 34.4 Å². The molecule has 0 spiro atoms. The molecule has 1 saturated heterocycles. The molecule has 0 aliphatic carbocycles. The van der Waals surface area contributed by atoms with Gasteiger partial charge in [0.05, 0.1) is 12.1 Å². The SMILES string of the molecule is O=C(CC1C(=O)N(c2cccc(Cl)c2)C(=S)N1CCc1ccccc1)Nc1ccc(Cl)cc1. The Labute approximate surface area is 207 Å². The van der Waals surface area contributed by atoms with Crippen molar-refractivity contribution in [1.82, 2.24) is 4.90 Å². The Morgan fingerprint density at radius 1 is 0.939 bits per heavy atom. The van der Waals surface area contributed by atoms with E-state index in [0.29, 0.717) is 39.5 Å². The normalized spacial score (nSPS) is 15.8. The fourth-order valence-electron chi connectivity index (χ4n) is 3.76. The molecule has 1 N–H and O–H groups in total. The van der Waals surface area contributed by atoms with E-state index in [1.165, 1.54) is 4.90 Å². The average Bonchev–Trinajstić information content (AvgIpc) is 3.03. The third-order valence-electron chi connectivity index (χ3n) is 5.38. The molecule has 3 aromatic rings. The minimum atomic E-state index is -0.715. The molecule has 2 amide bonds. The first-order valence-corrected chi connectivity index (χ1v) is 11.6. The quantitative estimate of drug-likeness (QED) is 0.433. The molecule has 0 saturated carbocycles. The average molecular weight is 498 g/mol. The van der Waals surface area contributed by atoms with Crippen LogP contribution in [0.5, 0.6) is 0 Å². The molecule has 1 fully saturated rings. The highest BCUT2D eigenvalue weighted by Crippen LogP contribution is 2.29. The standard InChI is InChI=1S/C25H21Cl2N3O2S/c26-18-9-11-20(12-10-18)28-23(31)16-22-24(32)30(21-8-4-7-19(27)15-21)25(33)29(22)14-13-17-5-2-1-3-6-17/h1-12,15,22H,13-14,16H2,(H,28,31). The van der Waals surface area contributed by atoms with Crippen molar-refractivity contribution in [3.63, 3.8) is 0 Å². The number of hydrogen-bond acceptors (Lipinski definition) is 3. The first kappa shape index (κ1) is 23.2. The molecule has 5 nitrogen and oxygen atoms in total. The van der Waals surface area contributed by atoms with Crippen LogP contribution in [0, 0.1) is 0 Å². The van der Waals surface area contributed by atoms with Gasteiger partial charge in [0.15, 0.2) is 5.11 Å². The van der Waals surface area contributed by atoms with Gasteiger partial charge in [0, 0.05) is 22.3 Å². The summed E-state index contributed by atoms with van der Waals surface area (Å²) in [6.45, 7) is 0.505. The van der Waals surface area contributed by atoms with Crippen molar-refractivity contribution in [1.29, 1.82) is 0 Å². The van der Waals surface area contributed by atoms with Crippen LogP contribution in [0.2, 0.25) is 10.0 Å². The van der Waals surface area contributed by atoms with E-state index < -0.39 is 6.04 Å². The molecule has 168 valence electrons. The van der Waals surface area contributed by atoms with Crippen molar-refractivity contribution < 1.29 is 9.59 Å². The van der Waals surface area contributed by atoms with Crippen LogP contribution >= 0.6 is 35.4 Å². The number of nitrogens with zero attached hydrogens (tertiary/aromatic N) is 2. The number of hydrogen-bond donors (Lipinski definition) is 1. The highest BCUT2D eigenvalue weighted by molar-refractivity contribution is 7.80. The van der Waals surface area contributed by atoms with Crippen LogP contribution in [0.4, 0.5) is 11.4 Å². The third kappa shape index (κ3) is 5.53. The van der Waals surface area contributed by atoms with E-state index in [1.807, 2.05) is 35.2 Å². The lowest BCUT2D eigenvalue weighted by atomic mass is 10.1. The van der Waals surface area contributed by atoms with Gasteiger partial charge in [-0.3, -0.25) is 14.5 Å². The molecule has 1 aliphatic rings. The summed E-state index contributed by atoms with van der Waals surface area (Å²) >= 11 is 17.8. The van der Waals surface area contributed by atoms with Gasteiger partial charge in [0.25, 0.3) is 5.91 Å². The number of amides is 2. The maximum Gasteiger partial charge on any atom is 0.256 e. The monoisotopic (exact) mass is 497 g/mol. The van der Waals surface area contributed by atoms with E-state index in [4.69, 9.17) is 35.4 Å². The zero-order valence-electron chi connectivity index (χ0n) is 17.6. The maximum atomic E-state index is 13.4. The summed E-state index contributed by atoms with van der Waals surface area (Å²) in [6.07, 6.45) is 0.653. The molecule has 0 radical (unpaired) electrons. The van der Waals surface area contributed by atoms with Gasteiger partial charge < -0.3 is 10.2 Å². The van der Waals surface area contributed by atoms with E-state index in [2.05, 4.69) is 5.32 Å². The van der Waals surface area contributed by atoms with Crippen LogP contribution in [-0.2, 0) is 16.0 Å². The Hall–Kier alpha value is -2.93. The van der Waals surface area contributed by atoms with Crippen LogP contribution in [0.15, 0.2) is 78.9 Å². The Balaban J connectivity index is 1.56. The van der Waals surface area contributed by atoms with Crippen molar-refractivity contribution in [2.24, 2.45) is 0 Å². The van der Waals surface area contributed by atoms with Gasteiger partial charge in [-0.2, -0.15) is 0 Å². The topological polar surface area (TPSA) is 52.7 Å². The Kier molecular flexibility index (Phi) is 7.28. The second-order valence-corrected chi connectivity index (χ2v) is 8.88. The van der Waals surface area contributed by atoms with E-state index in [9.17, 15) is 9.59 Å². The van der Waals surface area contributed by atoms with Crippen molar-refractivity contribution in [3.8, 4) is 0 Å². The molecule has 3 aromatic carbocycles. The van der Waals surface area contributed by atoms with Crippen molar-refractivity contribution in [3.05, 3.63) is 94.5 Å². The number of halogens is 2. The molecule has 0 aromatic heterocycles. The van der Waals surface area contributed by atoms with E-state index in [1.54, 1.807) is 48.5 Å². The van der Waals surface area contributed by atoms with Crippen LogP contribution in [0.25, 0.3) is 0 Å². The number of rotatable bonds is 7. The zero-order valence-corrected chi connectivity index (χ0v) is 19.9. The second-order valence-electron chi connectivity index (χ2n) is 7.64. The number of carbonyl (C=O) groups excluding carboxylic acids is 2. The summed E-state index contributed by atoms with van der Waals surface area (Å²) in [7, 11) is 0. The summed E-state index contributed by atoms with van der Waals surface area (Å²) in [4.78, 5) is 29.5. The Morgan fingerprint density at radius 3 is 2.36 bits per heavy atom. The molecule has 8 heteroatoms. The number of benzene rings is 3. The van der Waals surface area contributed by atoms with Crippen molar-refractivity contribution in [2.45, 2.75) is 18.9 Å². The second kappa shape index (κ2) is 10.3. The number of nitrogens with one attached hydrogen (secondary N) is 1. The van der Waals surface area contributed by atoms with Crippen molar-refractivity contribution >= 4 is 63.7 Å². The van der Waals surface area contributed by atoms with Crippen LogP contribution < -0.4 is 10.2 Å². The smallest absolute Gasteiger partial charge is 0.256 e. The van der Waals surface area contributed by atoms with E-state index >= 15 is 0 Å². The lowest BCUT2D eigenvalue weighted by molar-refractivity contribution is -0.124. The molecule has 4 rings (SSSR count). The third-order valence-corrected chi connectivity index (χ3v) is 6.28. The molecule has 33 heavy (non-hydrogen) atoms. The predicted molar refractivity (Wildman–Crippen MR) is 137 cm³/mol. The minimum absolute atomic E-state index is 0.0343. The first-order chi connectivity index (χ1) is 15.9. The highest BCUT2D eigenvalue weighted by atomic mass is 35.5. The molecule has 1 atom stereocenters. The van der Waals surface area contributed by atoms with E-state index in [0.717, 1.165) is 5.56 Å². The lowest BCUT2D eigenvalue weighted by Crippen LogP contribution is -2.39. The fourth-order valence-corrected chi connectivity index (χ4v) is 4.48. The summed E-state index contributed by atoms with van der Waals surface area (Å²) < 4.78 is 0. The first-order valence-electron chi connectivity index (χ1n) is 10.4. The maximum absolute atomic E-state index is 13.4. The summed E-state index contributed by atoms with van der Waals surface area (Å²) in [5.74, 6) is -0.530. The van der Waals surface area contributed by atoms with E-state index in [-0.39, 0.29) is 18.2 Å². The molecular weight excluding hydrogens is 477 g/mol. The highest BCUT2D eigenvalue weighted by Gasteiger charge is 2.43. The summed E-state index contributed by atoms with van der Waals surface area (Å²) in [6, 6.07) is 23.0. The molecule has 1 aliphatic heterocycles. The van der Waals surface area contributed by atoms with Gasteiger partial charge in [0.1, 0.15) is 6.04 Å². The predicted octanol–water partition coefficient (Wildman–Crippen LogP) is 5.57. The molecule has 0 bridgehead atoms. The van der Waals surface area contributed by atoms with Crippen LogP contribution in [0.1, 0.15) is 12.0 Å². The molecular formula is C25H21Cl2N3O2S. The van der Waals surface area contributed by atoms with Gasteiger partial charge in [0.2, 0.25) is 5.91 Å². The number of carbonyl (C=O) groups is 2. The lowest BCUT2D eigenvalue weighted by Gasteiger charge is -2.24. The fraction of sp³-hybridized carbons (Fsp3) is 0.160. The van der Waals surface area contributed by atoms with Gasteiger partial charge in [-0.15, -0.1) is 0 Å². The van der Waals surface area contributed by atoms with Gasteiger partial charge in [-0.1, -0.05) is 59.6 Å². The minimum Gasteiger partial charge on any atom is -0.336 e. The molecule has 1 heterocycles. The number of anilines is 2. The van der Waals surface area contributed by atoms with Gasteiger partial charge in [-0.25, -0.2) is 0 Å². The Morgan fingerprint density at radius 2 is 1.67 bits per heavy atom. The van der Waals surface area contributed by atoms with Gasteiger partial charge >= 0.3 is 0 Å². The zero-order chi connectivity index (χ0) is 23.4. The summed E-state index contributed by atoms with van der Waals surface area (Å²) in [5.41, 5.74) is 2.32. The van der Waals surface area contributed by atoms with Crippen molar-refractivity contribution in [2.75, 3.05) is 16.8 Å².